The van der Waals surface area contributed by atoms with E-state index in [0.717, 1.165) is 0 Å². The largest absolute Gasteiger partial charge is 0.507 e. The smallest absolute Gasteiger partial charge is 0.184 e. The highest BCUT2D eigenvalue weighted by atomic mass is 16.3. The number of phenolic OH excluding ortho intramolecular Hbond substituents is 1. The molecule has 0 saturated heterocycles. The first-order valence-electron chi connectivity index (χ1n) is 5.99. The number of aliphatic hydroxyl groups excluding tert-OH is 1. The van der Waals surface area contributed by atoms with Gasteiger partial charge in [-0.15, -0.1) is 0 Å². The predicted molar refractivity (Wildman–Crippen MR) is 70.5 cm³/mol. The maximum atomic E-state index is 9.88. The molecule has 3 N–H and O–H groups in total. The lowest BCUT2D eigenvalue weighted by Crippen LogP contribution is -2.17. The highest BCUT2D eigenvalue weighted by Gasteiger charge is 2.22. The highest BCUT2D eigenvalue weighted by molar-refractivity contribution is 5.63. The molecular formula is C14H13N3O2. The average molecular weight is 255 g/mol. The number of phenols is 1. The summed E-state index contributed by atoms with van der Waals surface area (Å²) in [7, 11) is 0. The van der Waals surface area contributed by atoms with Gasteiger partial charge < -0.3 is 10.2 Å². The molecule has 1 heterocycles. The van der Waals surface area contributed by atoms with Crippen LogP contribution in [0.1, 0.15) is 11.7 Å². The van der Waals surface area contributed by atoms with Gasteiger partial charge in [0, 0.05) is 0 Å². The van der Waals surface area contributed by atoms with Crippen LogP contribution in [0.2, 0.25) is 0 Å². The number of aromatic amines is 1. The van der Waals surface area contributed by atoms with Crippen LogP contribution >= 0.6 is 0 Å². The van der Waals surface area contributed by atoms with Crippen LogP contribution in [0.15, 0.2) is 48.6 Å². The molecular weight excluding hydrogens is 242 g/mol. The van der Waals surface area contributed by atoms with E-state index < -0.39 is 6.10 Å². The summed E-state index contributed by atoms with van der Waals surface area (Å²) in [5, 5.41) is 26.6. The number of aromatic nitrogens is 3. The van der Waals surface area contributed by atoms with Crippen LogP contribution in [0.4, 0.5) is 0 Å². The number of hydrogen-bond acceptors (Lipinski definition) is 4. The van der Waals surface area contributed by atoms with E-state index in [1.165, 1.54) is 0 Å². The normalized spacial score (nSPS) is 21.7. The second-order valence-corrected chi connectivity index (χ2v) is 4.35. The first kappa shape index (κ1) is 11.7. The van der Waals surface area contributed by atoms with Crippen LogP contribution in [0.25, 0.3) is 11.4 Å². The maximum absolute atomic E-state index is 9.88. The van der Waals surface area contributed by atoms with Gasteiger partial charge in [-0.2, -0.15) is 5.10 Å². The van der Waals surface area contributed by atoms with E-state index in [1.807, 2.05) is 18.2 Å². The van der Waals surface area contributed by atoms with Crippen molar-refractivity contribution < 1.29 is 10.2 Å². The Hall–Kier alpha value is -2.40. The van der Waals surface area contributed by atoms with Crippen LogP contribution in [0, 0.1) is 0 Å². The number of benzene rings is 1. The minimum Gasteiger partial charge on any atom is -0.507 e. The van der Waals surface area contributed by atoms with Gasteiger partial charge >= 0.3 is 0 Å². The van der Waals surface area contributed by atoms with Crippen molar-refractivity contribution in [2.75, 3.05) is 0 Å². The number of aliphatic hydroxyl groups is 1. The molecule has 0 bridgehead atoms. The molecule has 1 aliphatic rings. The Bertz CT molecular complexity index is 646. The molecule has 1 aromatic carbocycles. The summed E-state index contributed by atoms with van der Waals surface area (Å²) in [6.07, 6.45) is 6.60. The first-order valence-corrected chi connectivity index (χ1v) is 5.99. The summed E-state index contributed by atoms with van der Waals surface area (Å²) in [5.41, 5.74) is 0.565. The average Bonchev–Trinajstić information content (AvgIpc) is 2.89. The van der Waals surface area contributed by atoms with Gasteiger partial charge in [-0.05, 0) is 12.1 Å². The zero-order valence-electron chi connectivity index (χ0n) is 10.1. The van der Waals surface area contributed by atoms with Gasteiger partial charge in [0.15, 0.2) is 5.82 Å². The van der Waals surface area contributed by atoms with E-state index >= 15 is 0 Å². The van der Waals surface area contributed by atoms with E-state index in [1.54, 1.807) is 30.4 Å². The molecule has 0 fully saturated rings. The van der Waals surface area contributed by atoms with Crippen LogP contribution in [-0.4, -0.2) is 31.5 Å². The number of H-pyrrole nitrogens is 1. The summed E-state index contributed by atoms with van der Waals surface area (Å²) in [5.74, 6) is 0.888. The van der Waals surface area contributed by atoms with Gasteiger partial charge in [-0.1, -0.05) is 36.4 Å². The summed E-state index contributed by atoms with van der Waals surface area (Å²) in [4.78, 5) is 4.34. The molecule has 3 rings (SSSR count). The van der Waals surface area contributed by atoms with Crippen molar-refractivity contribution in [1.29, 1.82) is 0 Å². The fraction of sp³-hybridized carbons (Fsp3) is 0.143. The zero-order chi connectivity index (χ0) is 13.2. The van der Waals surface area contributed by atoms with Crippen molar-refractivity contribution in [3.63, 3.8) is 0 Å². The third kappa shape index (κ3) is 2.15. The summed E-state index contributed by atoms with van der Waals surface area (Å²) >= 11 is 0. The third-order valence-electron chi connectivity index (χ3n) is 3.07. The molecule has 2 unspecified atom stereocenters. The monoisotopic (exact) mass is 255 g/mol. The van der Waals surface area contributed by atoms with Gasteiger partial charge in [0.25, 0.3) is 0 Å². The lowest BCUT2D eigenvalue weighted by atomic mass is 9.97. The van der Waals surface area contributed by atoms with E-state index in [-0.39, 0.29) is 11.7 Å². The number of hydrogen-bond donors (Lipinski definition) is 3. The van der Waals surface area contributed by atoms with E-state index in [0.29, 0.717) is 17.2 Å². The van der Waals surface area contributed by atoms with Crippen molar-refractivity contribution in [2.45, 2.75) is 12.0 Å². The lowest BCUT2D eigenvalue weighted by Gasteiger charge is -2.16. The van der Waals surface area contributed by atoms with Crippen LogP contribution < -0.4 is 0 Å². The molecule has 19 heavy (non-hydrogen) atoms. The van der Waals surface area contributed by atoms with Gasteiger partial charge in [0.1, 0.15) is 11.6 Å². The van der Waals surface area contributed by atoms with Crippen LogP contribution in [-0.2, 0) is 0 Å². The molecule has 0 amide bonds. The first-order chi connectivity index (χ1) is 9.25. The fourth-order valence-electron chi connectivity index (χ4n) is 2.05. The summed E-state index contributed by atoms with van der Waals surface area (Å²) in [6.45, 7) is 0. The Morgan fingerprint density at radius 1 is 1.11 bits per heavy atom. The van der Waals surface area contributed by atoms with Crippen molar-refractivity contribution in [3.8, 4) is 17.1 Å². The number of nitrogens with one attached hydrogen (secondary N) is 1. The lowest BCUT2D eigenvalue weighted by molar-refractivity contribution is 0.202. The molecule has 5 nitrogen and oxygen atoms in total. The fourth-order valence-corrected chi connectivity index (χ4v) is 2.05. The second-order valence-electron chi connectivity index (χ2n) is 4.35. The molecule has 96 valence electrons. The maximum Gasteiger partial charge on any atom is 0.184 e. The summed E-state index contributed by atoms with van der Waals surface area (Å²) < 4.78 is 0. The molecule has 5 heteroatoms. The zero-order valence-corrected chi connectivity index (χ0v) is 10.1. The number of para-hydroxylation sites is 1. The Morgan fingerprint density at radius 2 is 1.89 bits per heavy atom. The topological polar surface area (TPSA) is 82.0 Å². The van der Waals surface area contributed by atoms with E-state index in [4.69, 9.17) is 0 Å². The molecule has 0 aliphatic heterocycles. The molecule has 0 saturated carbocycles. The van der Waals surface area contributed by atoms with E-state index in [2.05, 4.69) is 15.2 Å². The highest BCUT2D eigenvalue weighted by Crippen LogP contribution is 2.28. The Balaban J connectivity index is 1.94. The van der Waals surface area contributed by atoms with Crippen molar-refractivity contribution in [2.24, 2.45) is 0 Å². The van der Waals surface area contributed by atoms with Gasteiger partial charge in [-0.25, -0.2) is 4.98 Å². The van der Waals surface area contributed by atoms with Crippen molar-refractivity contribution in [1.82, 2.24) is 15.2 Å². The molecule has 0 radical (unpaired) electrons. The standard InChI is InChI=1S/C14H13N3O2/c18-11-7-3-1-5-9(11)13-15-14(17-16-13)10-6-2-4-8-12(10)19/h1-9,11,18-19H,(H,15,16,17). The summed E-state index contributed by atoms with van der Waals surface area (Å²) in [6, 6.07) is 6.88. The SMILES string of the molecule is Oc1ccccc1-c1n[nH]c(C2C=CC=CC2O)n1. The molecule has 1 aliphatic carbocycles. The number of nitrogens with zero attached hydrogens (tertiary/aromatic N) is 2. The number of allylic oxidation sites excluding steroid dienone is 2. The number of rotatable bonds is 2. The molecule has 1 aromatic heterocycles. The van der Waals surface area contributed by atoms with Crippen LogP contribution in [0.3, 0.4) is 0 Å². The van der Waals surface area contributed by atoms with Gasteiger partial charge in [0.05, 0.1) is 17.6 Å². The van der Waals surface area contributed by atoms with Crippen molar-refractivity contribution >= 4 is 0 Å². The Labute approximate surface area is 109 Å². The third-order valence-corrected chi connectivity index (χ3v) is 3.07. The molecule has 0 spiro atoms. The van der Waals surface area contributed by atoms with Gasteiger partial charge in [-0.3, -0.25) is 5.10 Å². The Morgan fingerprint density at radius 3 is 2.68 bits per heavy atom. The minimum absolute atomic E-state index is 0.132. The quantitative estimate of drug-likeness (QED) is 0.763. The molecule has 2 atom stereocenters. The van der Waals surface area contributed by atoms with E-state index in [9.17, 15) is 10.2 Å². The molecule has 2 aromatic rings. The minimum atomic E-state index is -0.616. The van der Waals surface area contributed by atoms with Gasteiger partial charge in [0.2, 0.25) is 0 Å². The second kappa shape index (κ2) is 4.70. The predicted octanol–water partition coefficient (Wildman–Crippen LogP) is 1.75. The van der Waals surface area contributed by atoms with Crippen LogP contribution in [0.5, 0.6) is 5.75 Å². The number of aromatic hydroxyl groups is 1. The van der Waals surface area contributed by atoms with Crippen molar-refractivity contribution in [3.05, 3.63) is 54.4 Å². The Kier molecular flexibility index (Phi) is 2.89.